The number of carbonyl (C=O) groups is 1. The van der Waals surface area contributed by atoms with Crippen LogP contribution < -0.4 is 0 Å². The first-order valence-corrected chi connectivity index (χ1v) is 5.90. The minimum absolute atomic E-state index is 0.257. The van der Waals surface area contributed by atoms with E-state index in [4.69, 9.17) is 4.74 Å². The van der Waals surface area contributed by atoms with Crippen LogP contribution in [0, 0.1) is 0 Å². The summed E-state index contributed by atoms with van der Waals surface area (Å²) in [4.78, 5) is 11.6. The quantitative estimate of drug-likeness (QED) is 0.685. The average molecular weight is 243 g/mol. The van der Waals surface area contributed by atoms with Gasteiger partial charge in [-0.05, 0) is 19.8 Å². The Kier molecular flexibility index (Phi) is 5.59. The molecule has 17 heavy (non-hydrogen) atoms. The first-order valence-electron chi connectivity index (χ1n) is 5.90. The van der Waals surface area contributed by atoms with E-state index in [1.165, 1.54) is 0 Å². The van der Waals surface area contributed by atoms with Crippen LogP contribution in [-0.2, 0) is 17.7 Å². The van der Waals surface area contributed by atoms with Gasteiger partial charge in [-0.15, -0.1) is 5.10 Å². The van der Waals surface area contributed by atoms with Crippen molar-refractivity contribution in [1.29, 1.82) is 0 Å². The Bertz CT molecular complexity index is 366. The van der Waals surface area contributed by atoms with E-state index in [0.717, 1.165) is 12.1 Å². The fourth-order valence-corrected chi connectivity index (χ4v) is 1.56. The lowest BCUT2D eigenvalue weighted by Gasteiger charge is -2.05. The number of aromatic nitrogens is 3. The second-order valence-corrected chi connectivity index (χ2v) is 3.62. The highest BCUT2D eigenvalue weighted by Crippen LogP contribution is 2.10. The van der Waals surface area contributed by atoms with Gasteiger partial charge in [0.05, 0.1) is 19.0 Å². The van der Waals surface area contributed by atoms with E-state index < -0.39 is 12.6 Å². The van der Waals surface area contributed by atoms with E-state index in [9.17, 15) is 9.18 Å². The van der Waals surface area contributed by atoms with Crippen molar-refractivity contribution in [3.8, 4) is 0 Å². The van der Waals surface area contributed by atoms with Gasteiger partial charge >= 0.3 is 5.97 Å². The van der Waals surface area contributed by atoms with Crippen LogP contribution in [0.1, 0.15) is 42.9 Å². The van der Waals surface area contributed by atoms with Gasteiger partial charge in [-0.1, -0.05) is 18.6 Å². The topological polar surface area (TPSA) is 57.0 Å². The first kappa shape index (κ1) is 13.6. The first-order chi connectivity index (χ1) is 8.24. The molecule has 0 aliphatic heterocycles. The Hall–Kier alpha value is -1.46. The second-order valence-electron chi connectivity index (χ2n) is 3.62. The van der Waals surface area contributed by atoms with Gasteiger partial charge in [0.25, 0.3) is 0 Å². The summed E-state index contributed by atoms with van der Waals surface area (Å²) >= 11 is 0. The van der Waals surface area contributed by atoms with Gasteiger partial charge in [-0.25, -0.2) is 9.48 Å². The summed E-state index contributed by atoms with van der Waals surface area (Å²) in [5.74, 6) is -0.456. The molecule has 0 spiro atoms. The fourth-order valence-electron chi connectivity index (χ4n) is 1.56. The molecule has 0 aliphatic carbocycles. The molecule has 0 aliphatic rings. The predicted octanol–water partition coefficient (Wildman–Crippen LogP) is 1.77. The molecule has 1 aromatic rings. The minimum atomic E-state index is -0.456. The summed E-state index contributed by atoms with van der Waals surface area (Å²) < 4.78 is 18.6. The van der Waals surface area contributed by atoms with Gasteiger partial charge < -0.3 is 4.74 Å². The third-order valence-electron chi connectivity index (χ3n) is 2.30. The molecule has 5 nitrogen and oxygen atoms in total. The van der Waals surface area contributed by atoms with Crippen LogP contribution in [0.2, 0.25) is 0 Å². The van der Waals surface area contributed by atoms with Crippen LogP contribution in [0.5, 0.6) is 0 Å². The molecule has 1 rings (SSSR count). The highest BCUT2D eigenvalue weighted by atomic mass is 19.1. The zero-order valence-corrected chi connectivity index (χ0v) is 10.3. The fraction of sp³-hybridized carbons (Fsp3) is 0.727. The number of hydrogen-bond acceptors (Lipinski definition) is 4. The van der Waals surface area contributed by atoms with E-state index in [0.29, 0.717) is 26.0 Å². The van der Waals surface area contributed by atoms with E-state index >= 15 is 0 Å². The highest BCUT2D eigenvalue weighted by Gasteiger charge is 2.19. The largest absolute Gasteiger partial charge is 0.461 e. The van der Waals surface area contributed by atoms with Crippen LogP contribution in [0.3, 0.4) is 0 Å². The van der Waals surface area contributed by atoms with Gasteiger partial charge in [0.1, 0.15) is 0 Å². The van der Waals surface area contributed by atoms with Crippen LogP contribution in [0.4, 0.5) is 4.39 Å². The van der Waals surface area contributed by atoms with Crippen LogP contribution in [-0.4, -0.2) is 34.2 Å². The molecule has 0 amide bonds. The molecule has 0 atom stereocenters. The van der Waals surface area contributed by atoms with Crippen molar-refractivity contribution >= 4 is 5.97 Å². The zero-order valence-electron chi connectivity index (χ0n) is 10.3. The summed E-state index contributed by atoms with van der Waals surface area (Å²) in [6, 6.07) is 0. The third kappa shape index (κ3) is 3.51. The van der Waals surface area contributed by atoms with Crippen molar-refractivity contribution in [1.82, 2.24) is 15.0 Å². The second kappa shape index (κ2) is 6.98. The van der Waals surface area contributed by atoms with Crippen molar-refractivity contribution in [3.63, 3.8) is 0 Å². The molecule has 0 radical (unpaired) electrons. The summed E-state index contributed by atoms with van der Waals surface area (Å²) in [5.41, 5.74) is 0.993. The highest BCUT2D eigenvalue weighted by molar-refractivity contribution is 5.88. The number of alkyl halides is 1. The number of nitrogens with zero attached hydrogens (tertiary/aromatic N) is 3. The Morgan fingerprint density at radius 3 is 2.82 bits per heavy atom. The SMILES string of the molecule is CCCc1c(C(=O)OCC)nnn1CCCF. The Morgan fingerprint density at radius 1 is 1.47 bits per heavy atom. The molecule has 6 heteroatoms. The number of rotatable bonds is 7. The van der Waals surface area contributed by atoms with Crippen LogP contribution >= 0.6 is 0 Å². The molecule has 0 saturated heterocycles. The molecule has 0 aromatic carbocycles. The van der Waals surface area contributed by atoms with Gasteiger partial charge in [-0.3, -0.25) is 4.39 Å². The lowest BCUT2D eigenvalue weighted by Crippen LogP contribution is -2.11. The summed E-state index contributed by atoms with van der Waals surface area (Å²) in [5, 5.41) is 7.70. The maximum Gasteiger partial charge on any atom is 0.360 e. The van der Waals surface area contributed by atoms with Gasteiger partial charge in [0, 0.05) is 6.54 Å². The van der Waals surface area contributed by atoms with E-state index in [2.05, 4.69) is 10.3 Å². The minimum Gasteiger partial charge on any atom is -0.461 e. The smallest absolute Gasteiger partial charge is 0.360 e. The number of halogens is 1. The molecule has 0 saturated carbocycles. The number of esters is 1. The third-order valence-corrected chi connectivity index (χ3v) is 2.30. The number of ether oxygens (including phenoxy) is 1. The standard InChI is InChI=1S/C11H18FN3O2/c1-3-6-9-10(11(16)17-4-2)13-14-15(9)8-5-7-12/h3-8H2,1-2H3. The van der Waals surface area contributed by atoms with Crippen molar-refractivity contribution in [3.05, 3.63) is 11.4 Å². The molecule has 0 unspecified atom stereocenters. The lowest BCUT2D eigenvalue weighted by atomic mass is 10.2. The molecule has 0 fully saturated rings. The monoisotopic (exact) mass is 243 g/mol. The number of carbonyl (C=O) groups excluding carboxylic acids is 1. The van der Waals surface area contributed by atoms with E-state index in [1.807, 2.05) is 6.92 Å². The maximum absolute atomic E-state index is 12.1. The normalized spacial score (nSPS) is 10.5. The van der Waals surface area contributed by atoms with Crippen molar-refractivity contribution < 1.29 is 13.9 Å². The lowest BCUT2D eigenvalue weighted by molar-refractivity contribution is 0.0518. The zero-order chi connectivity index (χ0) is 12.7. The van der Waals surface area contributed by atoms with Crippen molar-refractivity contribution in [2.75, 3.05) is 13.3 Å². The van der Waals surface area contributed by atoms with Crippen molar-refractivity contribution in [2.45, 2.75) is 39.7 Å². The number of aryl methyl sites for hydroxylation is 1. The summed E-state index contributed by atoms with van der Waals surface area (Å²) in [7, 11) is 0. The predicted molar refractivity (Wildman–Crippen MR) is 60.6 cm³/mol. The average Bonchev–Trinajstić information content (AvgIpc) is 2.70. The molecule has 0 N–H and O–H groups in total. The molecule has 1 aromatic heterocycles. The van der Waals surface area contributed by atoms with Gasteiger partial charge in [0.15, 0.2) is 5.69 Å². The molecular weight excluding hydrogens is 225 g/mol. The van der Waals surface area contributed by atoms with Crippen LogP contribution in [0.25, 0.3) is 0 Å². The molecule has 96 valence electrons. The van der Waals surface area contributed by atoms with Crippen LogP contribution in [0.15, 0.2) is 0 Å². The van der Waals surface area contributed by atoms with Gasteiger partial charge in [-0.2, -0.15) is 0 Å². The molecule has 0 bridgehead atoms. The Morgan fingerprint density at radius 2 is 2.24 bits per heavy atom. The van der Waals surface area contributed by atoms with E-state index in [1.54, 1.807) is 11.6 Å². The Balaban J connectivity index is 2.88. The molecule has 1 heterocycles. The summed E-state index contributed by atoms with van der Waals surface area (Å²) in [6.45, 7) is 4.09. The summed E-state index contributed by atoms with van der Waals surface area (Å²) in [6.07, 6.45) is 1.94. The van der Waals surface area contributed by atoms with Crippen molar-refractivity contribution in [2.24, 2.45) is 0 Å². The number of hydrogen-bond donors (Lipinski definition) is 0. The molecular formula is C11H18FN3O2. The Labute approximate surface area is 100.0 Å². The maximum atomic E-state index is 12.1. The van der Waals surface area contributed by atoms with Gasteiger partial charge in [0.2, 0.25) is 0 Å². The van der Waals surface area contributed by atoms with E-state index in [-0.39, 0.29) is 5.69 Å².